The maximum atomic E-state index is 5.71. The molecule has 0 bridgehead atoms. The summed E-state index contributed by atoms with van der Waals surface area (Å²) in [5.74, 6) is 0.523. The molecule has 0 atom stereocenters. The maximum Gasteiger partial charge on any atom is 0.0928 e. The van der Waals surface area contributed by atoms with Crippen LogP contribution in [0.2, 0.25) is 0 Å². The van der Waals surface area contributed by atoms with E-state index in [1.165, 1.54) is 10.6 Å². The zero-order chi connectivity index (χ0) is 11.2. The first-order valence-electron chi connectivity index (χ1n) is 5.41. The van der Waals surface area contributed by atoms with Gasteiger partial charge >= 0.3 is 0 Å². The Hall–Kier alpha value is -0.860. The summed E-state index contributed by atoms with van der Waals surface area (Å²) in [6.07, 6.45) is 3.33. The first-order valence-corrected chi connectivity index (χ1v) is 6.83. The van der Waals surface area contributed by atoms with Crippen LogP contribution >= 0.6 is 22.9 Å². The normalized spacial score (nSPS) is 10.6. The minimum absolute atomic E-state index is 0.523. The van der Waals surface area contributed by atoms with Crippen LogP contribution in [0.1, 0.15) is 22.7 Å². The summed E-state index contributed by atoms with van der Waals surface area (Å²) in [5.41, 5.74) is 2.40. The number of hydrogen-bond acceptors (Lipinski definition) is 2. The summed E-state index contributed by atoms with van der Waals surface area (Å²) >= 11 is 7.43. The third kappa shape index (κ3) is 3.32. The van der Waals surface area contributed by atoms with E-state index in [2.05, 4.69) is 35.3 Å². The lowest BCUT2D eigenvalue weighted by atomic mass is 10.1. The monoisotopic (exact) mass is 251 g/mol. The van der Waals surface area contributed by atoms with E-state index < -0.39 is 0 Å². The number of hydrogen-bond donors (Lipinski definition) is 0. The largest absolute Gasteiger partial charge is 0.245 e. The molecule has 1 aromatic heterocycles. The molecule has 0 radical (unpaired) electrons. The molecule has 84 valence electrons. The molecule has 0 aliphatic carbocycles. The highest BCUT2D eigenvalue weighted by molar-refractivity contribution is 7.09. The highest BCUT2D eigenvalue weighted by atomic mass is 35.5. The minimum atomic E-state index is 0.523. The average molecular weight is 252 g/mol. The first kappa shape index (κ1) is 11.6. The van der Waals surface area contributed by atoms with Crippen LogP contribution < -0.4 is 0 Å². The number of aryl methyl sites for hydroxylation is 2. The molecule has 0 saturated carbocycles. The Kier molecular flexibility index (Phi) is 4.37. The molecular formula is C13H14ClNS. The highest BCUT2D eigenvalue weighted by Crippen LogP contribution is 2.14. The van der Waals surface area contributed by atoms with E-state index in [0.29, 0.717) is 5.88 Å². The van der Waals surface area contributed by atoms with Crippen LogP contribution in [0.15, 0.2) is 35.7 Å². The van der Waals surface area contributed by atoms with Crippen molar-refractivity contribution in [2.45, 2.75) is 25.1 Å². The summed E-state index contributed by atoms with van der Waals surface area (Å²) in [7, 11) is 0. The molecule has 0 saturated heterocycles. The van der Waals surface area contributed by atoms with Gasteiger partial charge in [0, 0.05) is 5.38 Å². The van der Waals surface area contributed by atoms with Gasteiger partial charge in [-0.1, -0.05) is 30.3 Å². The molecule has 1 aromatic carbocycles. The Bertz CT molecular complexity index is 425. The molecule has 0 aliphatic rings. The van der Waals surface area contributed by atoms with Crippen LogP contribution in [0.4, 0.5) is 0 Å². The molecule has 1 heterocycles. The van der Waals surface area contributed by atoms with Crippen LogP contribution in [-0.4, -0.2) is 4.98 Å². The van der Waals surface area contributed by atoms with Gasteiger partial charge in [0.15, 0.2) is 0 Å². The fourth-order valence-electron chi connectivity index (χ4n) is 1.61. The van der Waals surface area contributed by atoms with Gasteiger partial charge in [0.1, 0.15) is 0 Å². The van der Waals surface area contributed by atoms with Crippen molar-refractivity contribution in [1.29, 1.82) is 0 Å². The second kappa shape index (κ2) is 6.02. The second-order valence-electron chi connectivity index (χ2n) is 3.71. The zero-order valence-electron chi connectivity index (χ0n) is 9.03. The maximum absolute atomic E-state index is 5.71. The molecule has 0 unspecified atom stereocenters. The van der Waals surface area contributed by atoms with E-state index in [1.54, 1.807) is 11.3 Å². The van der Waals surface area contributed by atoms with Crippen molar-refractivity contribution in [3.05, 3.63) is 52.0 Å². The number of nitrogens with zero attached hydrogens (tertiary/aromatic N) is 1. The van der Waals surface area contributed by atoms with Crippen molar-refractivity contribution in [3.63, 3.8) is 0 Å². The number of halogens is 1. The fourth-order valence-corrected chi connectivity index (χ4v) is 2.68. The van der Waals surface area contributed by atoms with Gasteiger partial charge in [0.25, 0.3) is 0 Å². The fraction of sp³-hybridized carbons (Fsp3) is 0.308. The molecule has 3 heteroatoms. The van der Waals surface area contributed by atoms with E-state index in [9.17, 15) is 0 Å². The number of aromatic nitrogens is 1. The van der Waals surface area contributed by atoms with E-state index in [0.717, 1.165) is 25.0 Å². The average Bonchev–Trinajstić information content (AvgIpc) is 2.78. The molecule has 0 N–H and O–H groups in total. The Morgan fingerprint density at radius 2 is 1.94 bits per heavy atom. The molecule has 16 heavy (non-hydrogen) atoms. The summed E-state index contributed by atoms with van der Waals surface area (Å²) < 4.78 is 0. The predicted molar refractivity (Wildman–Crippen MR) is 70.1 cm³/mol. The Labute approximate surface area is 105 Å². The lowest BCUT2D eigenvalue weighted by Crippen LogP contribution is -1.89. The molecular weight excluding hydrogens is 238 g/mol. The van der Waals surface area contributed by atoms with Gasteiger partial charge in [-0.3, -0.25) is 0 Å². The number of thiazole rings is 1. The summed E-state index contributed by atoms with van der Waals surface area (Å²) in [4.78, 5) is 4.45. The minimum Gasteiger partial charge on any atom is -0.245 e. The van der Waals surface area contributed by atoms with Crippen molar-refractivity contribution in [2.24, 2.45) is 0 Å². The molecule has 1 nitrogen and oxygen atoms in total. The number of benzene rings is 1. The number of alkyl halides is 1. The highest BCUT2D eigenvalue weighted by Gasteiger charge is 2.01. The smallest absolute Gasteiger partial charge is 0.0928 e. The predicted octanol–water partition coefficient (Wildman–Crippen LogP) is 4.06. The second-order valence-corrected chi connectivity index (χ2v) is 4.92. The van der Waals surface area contributed by atoms with Gasteiger partial charge < -0.3 is 0 Å². The first-order chi connectivity index (χ1) is 7.88. The Morgan fingerprint density at radius 1 is 1.12 bits per heavy atom. The third-order valence-electron chi connectivity index (χ3n) is 2.44. The SMILES string of the molecule is ClCc1csc(CCCc2ccccc2)n1. The molecule has 0 spiro atoms. The summed E-state index contributed by atoms with van der Waals surface area (Å²) in [5, 5.41) is 3.25. The van der Waals surface area contributed by atoms with Gasteiger partial charge in [0.05, 0.1) is 16.6 Å². The quantitative estimate of drug-likeness (QED) is 0.731. The van der Waals surface area contributed by atoms with Crippen LogP contribution in [0.5, 0.6) is 0 Å². The molecule has 2 rings (SSSR count). The van der Waals surface area contributed by atoms with E-state index >= 15 is 0 Å². The summed E-state index contributed by atoms with van der Waals surface area (Å²) in [6, 6.07) is 10.6. The van der Waals surface area contributed by atoms with Crippen LogP contribution in [0.3, 0.4) is 0 Å². The van der Waals surface area contributed by atoms with Crippen molar-refractivity contribution in [1.82, 2.24) is 4.98 Å². The van der Waals surface area contributed by atoms with Crippen molar-refractivity contribution in [3.8, 4) is 0 Å². The molecule has 0 fully saturated rings. The van der Waals surface area contributed by atoms with Gasteiger partial charge in [-0.15, -0.1) is 22.9 Å². The van der Waals surface area contributed by atoms with E-state index in [-0.39, 0.29) is 0 Å². The summed E-state index contributed by atoms with van der Waals surface area (Å²) in [6.45, 7) is 0. The lowest BCUT2D eigenvalue weighted by Gasteiger charge is -1.99. The molecule has 2 aromatic rings. The van der Waals surface area contributed by atoms with Crippen molar-refractivity contribution < 1.29 is 0 Å². The van der Waals surface area contributed by atoms with Crippen LogP contribution in [-0.2, 0) is 18.7 Å². The third-order valence-corrected chi connectivity index (χ3v) is 3.67. The van der Waals surface area contributed by atoms with Crippen LogP contribution in [0, 0.1) is 0 Å². The van der Waals surface area contributed by atoms with Crippen LogP contribution in [0.25, 0.3) is 0 Å². The van der Waals surface area contributed by atoms with Crippen molar-refractivity contribution >= 4 is 22.9 Å². The van der Waals surface area contributed by atoms with Gasteiger partial charge in [-0.05, 0) is 24.8 Å². The topological polar surface area (TPSA) is 12.9 Å². The van der Waals surface area contributed by atoms with Gasteiger partial charge in [-0.2, -0.15) is 0 Å². The molecule has 0 amide bonds. The van der Waals surface area contributed by atoms with E-state index in [1.807, 2.05) is 5.38 Å². The van der Waals surface area contributed by atoms with Crippen molar-refractivity contribution in [2.75, 3.05) is 0 Å². The zero-order valence-corrected chi connectivity index (χ0v) is 10.6. The number of rotatable bonds is 5. The molecule has 0 aliphatic heterocycles. The Balaban J connectivity index is 1.80. The van der Waals surface area contributed by atoms with E-state index in [4.69, 9.17) is 11.6 Å². The Morgan fingerprint density at radius 3 is 2.62 bits per heavy atom. The standard InChI is InChI=1S/C13H14ClNS/c14-9-12-10-16-13(15-12)8-4-7-11-5-2-1-3-6-11/h1-3,5-6,10H,4,7-9H2. The van der Waals surface area contributed by atoms with Gasteiger partial charge in [-0.25, -0.2) is 4.98 Å². The van der Waals surface area contributed by atoms with Gasteiger partial charge in [0.2, 0.25) is 0 Å². The lowest BCUT2D eigenvalue weighted by molar-refractivity contribution is 0.811.